The lowest BCUT2D eigenvalue weighted by atomic mass is 9.99. The number of Topliss-reactive ketones (excluding diaryl/α,β-unsaturated/α-hetero) is 1. The first-order chi connectivity index (χ1) is 10.1. The standard InChI is InChI=1S/C19H22O2/c1-4-14(2)16-10-12-18(13-11-16)21-15(3)19(20)17-8-6-5-7-9-17/h5-15H,4H2,1-3H3. The van der Waals surface area contributed by atoms with Crippen molar-refractivity contribution in [3.63, 3.8) is 0 Å². The highest BCUT2D eigenvalue weighted by atomic mass is 16.5. The quantitative estimate of drug-likeness (QED) is 0.708. The van der Waals surface area contributed by atoms with Gasteiger partial charge >= 0.3 is 0 Å². The predicted octanol–water partition coefficient (Wildman–Crippen LogP) is 4.85. The van der Waals surface area contributed by atoms with E-state index >= 15 is 0 Å². The average molecular weight is 282 g/mol. The fraction of sp³-hybridized carbons (Fsp3) is 0.316. The molecule has 110 valence electrons. The molecule has 0 aliphatic carbocycles. The van der Waals surface area contributed by atoms with Crippen LogP contribution in [0.5, 0.6) is 5.75 Å². The molecule has 0 heterocycles. The number of benzene rings is 2. The van der Waals surface area contributed by atoms with Gasteiger partial charge in [0.1, 0.15) is 5.75 Å². The molecule has 0 radical (unpaired) electrons. The van der Waals surface area contributed by atoms with Crippen LogP contribution in [0.1, 0.15) is 49.0 Å². The van der Waals surface area contributed by atoms with Crippen molar-refractivity contribution in [1.29, 1.82) is 0 Å². The second-order valence-corrected chi connectivity index (χ2v) is 5.37. The molecule has 0 saturated carbocycles. The van der Waals surface area contributed by atoms with Crippen molar-refractivity contribution in [1.82, 2.24) is 0 Å². The number of carbonyl (C=O) groups is 1. The fourth-order valence-electron chi connectivity index (χ4n) is 2.21. The SMILES string of the molecule is CCC(C)c1ccc(OC(C)C(=O)c2ccccc2)cc1. The number of ether oxygens (including phenoxy) is 1. The normalized spacial score (nSPS) is 13.5. The third-order valence-electron chi connectivity index (χ3n) is 3.80. The smallest absolute Gasteiger partial charge is 0.202 e. The average Bonchev–Trinajstić information content (AvgIpc) is 2.55. The minimum absolute atomic E-state index is 0.00148. The highest BCUT2D eigenvalue weighted by molar-refractivity contribution is 5.99. The molecule has 0 bridgehead atoms. The van der Waals surface area contributed by atoms with Crippen molar-refractivity contribution in [2.24, 2.45) is 0 Å². The number of hydrogen-bond acceptors (Lipinski definition) is 2. The summed E-state index contributed by atoms with van der Waals surface area (Å²) >= 11 is 0. The van der Waals surface area contributed by atoms with Crippen molar-refractivity contribution in [3.8, 4) is 5.75 Å². The topological polar surface area (TPSA) is 26.3 Å². The molecule has 0 amide bonds. The third kappa shape index (κ3) is 3.94. The van der Waals surface area contributed by atoms with Gasteiger partial charge in [0.2, 0.25) is 5.78 Å². The van der Waals surface area contributed by atoms with Gasteiger partial charge in [-0.2, -0.15) is 0 Å². The van der Waals surface area contributed by atoms with E-state index in [1.807, 2.05) is 42.5 Å². The Morgan fingerprint density at radius 1 is 1.00 bits per heavy atom. The minimum Gasteiger partial charge on any atom is -0.483 e. The van der Waals surface area contributed by atoms with E-state index in [2.05, 4.69) is 26.0 Å². The summed E-state index contributed by atoms with van der Waals surface area (Å²) in [7, 11) is 0. The highest BCUT2D eigenvalue weighted by Gasteiger charge is 2.16. The highest BCUT2D eigenvalue weighted by Crippen LogP contribution is 2.22. The zero-order valence-corrected chi connectivity index (χ0v) is 12.9. The van der Waals surface area contributed by atoms with Crippen LogP contribution >= 0.6 is 0 Å². The van der Waals surface area contributed by atoms with Crippen LogP contribution in [0, 0.1) is 0 Å². The van der Waals surface area contributed by atoms with Gasteiger partial charge in [-0.15, -0.1) is 0 Å². The fourth-order valence-corrected chi connectivity index (χ4v) is 2.21. The molecule has 0 aliphatic rings. The molecule has 2 rings (SSSR count). The molecule has 2 unspecified atom stereocenters. The summed E-state index contributed by atoms with van der Waals surface area (Å²) in [6.07, 6.45) is 0.630. The van der Waals surface area contributed by atoms with Gasteiger partial charge in [0.15, 0.2) is 6.10 Å². The molecule has 2 atom stereocenters. The summed E-state index contributed by atoms with van der Waals surface area (Å²) < 4.78 is 5.75. The zero-order valence-electron chi connectivity index (χ0n) is 12.9. The number of carbonyl (C=O) groups excluding carboxylic acids is 1. The van der Waals surface area contributed by atoms with Crippen molar-refractivity contribution in [3.05, 3.63) is 65.7 Å². The molecular formula is C19H22O2. The number of hydrogen-bond donors (Lipinski definition) is 0. The maximum absolute atomic E-state index is 12.2. The summed E-state index contributed by atoms with van der Waals surface area (Å²) in [5.41, 5.74) is 1.98. The van der Waals surface area contributed by atoms with E-state index in [9.17, 15) is 4.79 Å². The summed E-state index contributed by atoms with van der Waals surface area (Å²) in [5, 5.41) is 0. The second-order valence-electron chi connectivity index (χ2n) is 5.37. The van der Waals surface area contributed by atoms with Gasteiger partial charge in [-0.25, -0.2) is 0 Å². The third-order valence-corrected chi connectivity index (χ3v) is 3.80. The first-order valence-electron chi connectivity index (χ1n) is 7.47. The minimum atomic E-state index is -0.484. The van der Waals surface area contributed by atoms with E-state index in [0.717, 1.165) is 12.2 Å². The molecule has 21 heavy (non-hydrogen) atoms. The lowest BCUT2D eigenvalue weighted by molar-refractivity contribution is 0.0818. The van der Waals surface area contributed by atoms with Crippen LogP contribution in [-0.4, -0.2) is 11.9 Å². The summed E-state index contributed by atoms with van der Waals surface area (Å²) in [6, 6.07) is 17.3. The number of ketones is 1. The van der Waals surface area contributed by atoms with Crippen LogP contribution < -0.4 is 4.74 Å². The van der Waals surface area contributed by atoms with Gasteiger partial charge in [-0.3, -0.25) is 4.79 Å². The maximum atomic E-state index is 12.2. The summed E-state index contributed by atoms with van der Waals surface area (Å²) in [6.45, 7) is 6.17. The van der Waals surface area contributed by atoms with Crippen LogP contribution in [0.2, 0.25) is 0 Å². The van der Waals surface area contributed by atoms with Crippen LogP contribution in [-0.2, 0) is 0 Å². The van der Waals surface area contributed by atoms with Crippen molar-refractivity contribution in [2.45, 2.75) is 39.2 Å². The van der Waals surface area contributed by atoms with Crippen molar-refractivity contribution >= 4 is 5.78 Å². The molecule has 0 aliphatic heterocycles. The van der Waals surface area contributed by atoms with E-state index in [-0.39, 0.29) is 5.78 Å². The first-order valence-corrected chi connectivity index (χ1v) is 7.47. The van der Waals surface area contributed by atoms with E-state index in [1.54, 1.807) is 6.92 Å². The Morgan fingerprint density at radius 2 is 1.62 bits per heavy atom. The molecule has 0 fully saturated rings. The van der Waals surface area contributed by atoms with Gasteiger partial charge < -0.3 is 4.74 Å². The number of rotatable bonds is 6. The Morgan fingerprint density at radius 3 is 2.19 bits per heavy atom. The van der Waals surface area contributed by atoms with Crippen LogP contribution in [0.3, 0.4) is 0 Å². The molecule has 0 N–H and O–H groups in total. The van der Waals surface area contributed by atoms with E-state index in [4.69, 9.17) is 4.74 Å². The molecule has 2 nitrogen and oxygen atoms in total. The van der Waals surface area contributed by atoms with Crippen molar-refractivity contribution < 1.29 is 9.53 Å². The van der Waals surface area contributed by atoms with Crippen molar-refractivity contribution in [2.75, 3.05) is 0 Å². The van der Waals surface area contributed by atoms with Gasteiger partial charge in [0.25, 0.3) is 0 Å². The monoisotopic (exact) mass is 282 g/mol. The Bertz CT molecular complexity index is 572. The molecular weight excluding hydrogens is 260 g/mol. The maximum Gasteiger partial charge on any atom is 0.202 e. The Balaban J connectivity index is 2.02. The molecule has 0 spiro atoms. The van der Waals surface area contributed by atoms with Crippen LogP contribution in [0.25, 0.3) is 0 Å². The molecule has 2 aromatic rings. The molecule has 0 saturated heterocycles. The molecule has 0 aromatic heterocycles. The lowest BCUT2D eigenvalue weighted by Crippen LogP contribution is -2.23. The van der Waals surface area contributed by atoms with Gasteiger partial charge in [0, 0.05) is 5.56 Å². The van der Waals surface area contributed by atoms with Gasteiger partial charge in [-0.1, -0.05) is 56.3 Å². The van der Waals surface area contributed by atoms with Crippen LogP contribution in [0.15, 0.2) is 54.6 Å². The molecule has 2 heteroatoms. The largest absolute Gasteiger partial charge is 0.483 e. The zero-order chi connectivity index (χ0) is 15.2. The van der Waals surface area contributed by atoms with E-state index < -0.39 is 6.10 Å². The Hall–Kier alpha value is -2.09. The Labute approximate surface area is 126 Å². The van der Waals surface area contributed by atoms with E-state index in [1.165, 1.54) is 5.56 Å². The second kappa shape index (κ2) is 7.07. The van der Waals surface area contributed by atoms with Gasteiger partial charge in [0.05, 0.1) is 0 Å². The Kier molecular flexibility index (Phi) is 5.15. The van der Waals surface area contributed by atoms with E-state index in [0.29, 0.717) is 11.5 Å². The van der Waals surface area contributed by atoms with Crippen LogP contribution in [0.4, 0.5) is 0 Å². The predicted molar refractivity (Wildman–Crippen MR) is 86.0 cm³/mol. The van der Waals surface area contributed by atoms with Gasteiger partial charge in [-0.05, 0) is 37.0 Å². The lowest BCUT2D eigenvalue weighted by Gasteiger charge is -2.15. The molecule has 2 aromatic carbocycles. The summed E-state index contributed by atoms with van der Waals surface area (Å²) in [4.78, 5) is 12.2. The first kappa shape index (κ1) is 15.3. The summed E-state index contributed by atoms with van der Waals surface area (Å²) in [5.74, 6) is 1.28.